The Kier molecular flexibility index (Phi) is 5.55. The van der Waals surface area contributed by atoms with Gasteiger partial charge in [-0.05, 0) is 24.6 Å². The number of aryl methyl sites for hydroxylation is 1. The van der Waals surface area contributed by atoms with Crippen LogP contribution in [0.4, 0.5) is 5.69 Å². The fourth-order valence-electron chi connectivity index (χ4n) is 2.77. The Bertz CT molecular complexity index is 854. The molecule has 3 rings (SSSR count). The number of benzene rings is 2. The molecule has 1 aliphatic rings. The minimum Gasteiger partial charge on any atom is -0.352 e. The molecule has 1 amide bonds. The molecule has 1 saturated heterocycles. The zero-order chi connectivity index (χ0) is 18.6. The van der Waals surface area contributed by atoms with Crippen molar-refractivity contribution in [2.24, 2.45) is 5.92 Å². The lowest BCUT2D eigenvalue weighted by molar-refractivity contribution is -0.124. The highest BCUT2D eigenvalue weighted by molar-refractivity contribution is 7.93. The maximum atomic E-state index is 12.7. The Hall–Kier alpha value is -2.42. The average molecular weight is 374 g/mol. The van der Waals surface area contributed by atoms with Gasteiger partial charge in [0, 0.05) is 18.8 Å². The zero-order valence-electron chi connectivity index (χ0n) is 14.4. The summed E-state index contributed by atoms with van der Waals surface area (Å²) in [5.74, 6) is -1.05. The van der Waals surface area contributed by atoms with Gasteiger partial charge in [0.05, 0.1) is 5.92 Å². The van der Waals surface area contributed by atoms with Crippen LogP contribution in [0.25, 0.3) is 0 Å². The van der Waals surface area contributed by atoms with Gasteiger partial charge >= 0.3 is 0 Å². The highest BCUT2D eigenvalue weighted by Crippen LogP contribution is 2.19. The van der Waals surface area contributed by atoms with Crippen LogP contribution in [-0.2, 0) is 21.4 Å². The number of sulfonamides is 1. The number of nitrogens with one attached hydrogen (secondary N) is 4. The Labute approximate surface area is 153 Å². The van der Waals surface area contributed by atoms with E-state index in [0.717, 1.165) is 11.1 Å². The third kappa shape index (κ3) is 4.40. The zero-order valence-corrected chi connectivity index (χ0v) is 15.2. The lowest BCUT2D eigenvalue weighted by Crippen LogP contribution is -2.46. The second kappa shape index (κ2) is 7.86. The Morgan fingerprint density at radius 3 is 2.50 bits per heavy atom. The molecule has 2 aromatic rings. The molecule has 2 aromatic carbocycles. The third-order valence-electron chi connectivity index (χ3n) is 4.22. The SMILES string of the molecule is Cc1ccc(NS(=O)(=O)C2NNCC2C(=O)NCc2ccccc2)cc1. The summed E-state index contributed by atoms with van der Waals surface area (Å²) in [6.07, 6.45) is 0. The van der Waals surface area contributed by atoms with Crippen molar-refractivity contribution in [3.05, 3.63) is 65.7 Å². The van der Waals surface area contributed by atoms with Gasteiger partial charge in [-0.15, -0.1) is 0 Å². The first kappa shape index (κ1) is 18.4. The largest absolute Gasteiger partial charge is 0.352 e. The van der Waals surface area contributed by atoms with Crippen molar-refractivity contribution >= 4 is 21.6 Å². The number of rotatable bonds is 6. The number of hydrogen-bond donors (Lipinski definition) is 4. The van der Waals surface area contributed by atoms with E-state index >= 15 is 0 Å². The maximum absolute atomic E-state index is 12.7. The van der Waals surface area contributed by atoms with Crippen LogP contribution < -0.4 is 20.9 Å². The highest BCUT2D eigenvalue weighted by Gasteiger charge is 2.41. The second-order valence-corrected chi connectivity index (χ2v) is 8.07. The van der Waals surface area contributed by atoms with Gasteiger partial charge in [-0.25, -0.2) is 13.8 Å². The summed E-state index contributed by atoms with van der Waals surface area (Å²) in [4.78, 5) is 12.5. The molecule has 0 spiro atoms. The fraction of sp³-hybridized carbons (Fsp3) is 0.278. The van der Waals surface area contributed by atoms with E-state index in [9.17, 15) is 13.2 Å². The van der Waals surface area contributed by atoms with Gasteiger partial charge < -0.3 is 5.32 Å². The molecule has 138 valence electrons. The van der Waals surface area contributed by atoms with Gasteiger partial charge in [0.15, 0.2) is 5.37 Å². The summed E-state index contributed by atoms with van der Waals surface area (Å²) in [6.45, 7) is 2.52. The second-order valence-electron chi connectivity index (χ2n) is 6.27. The van der Waals surface area contributed by atoms with Crippen molar-refractivity contribution in [3.8, 4) is 0 Å². The van der Waals surface area contributed by atoms with Crippen LogP contribution >= 0.6 is 0 Å². The van der Waals surface area contributed by atoms with Crippen molar-refractivity contribution < 1.29 is 13.2 Å². The molecule has 26 heavy (non-hydrogen) atoms. The summed E-state index contributed by atoms with van der Waals surface area (Å²) >= 11 is 0. The molecule has 1 fully saturated rings. The van der Waals surface area contributed by atoms with Crippen molar-refractivity contribution in [2.45, 2.75) is 18.8 Å². The smallest absolute Gasteiger partial charge is 0.250 e. The van der Waals surface area contributed by atoms with Gasteiger partial charge in [0.1, 0.15) is 0 Å². The monoisotopic (exact) mass is 374 g/mol. The van der Waals surface area contributed by atoms with E-state index in [1.165, 1.54) is 0 Å². The number of carbonyl (C=O) groups excluding carboxylic acids is 1. The predicted molar refractivity (Wildman–Crippen MR) is 100 cm³/mol. The molecule has 4 N–H and O–H groups in total. The molecule has 0 aliphatic carbocycles. The molecule has 0 saturated carbocycles. The van der Waals surface area contributed by atoms with Gasteiger partial charge in [0.25, 0.3) is 10.0 Å². The number of amides is 1. The number of anilines is 1. The molecule has 7 nitrogen and oxygen atoms in total. The summed E-state index contributed by atoms with van der Waals surface area (Å²) < 4.78 is 27.9. The van der Waals surface area contributed by atoms with Gasteiger partial charge in [-0.3, -0.25) is 14.9 Å². The third-order valence-corrected chi connectivity index (χ3v) is 5.86. The molecule has 1 heterocycles. The molecular formula is C18H22N4O3S. The van der Waals surface area contributed by atoms with E-state index in [0.29, 0.717) is 12.2 Å². The minimum atomic E-state index is -3.79. The lowest BCUT2D eigenvalue weighted by Gasteiger charge is -2.19. The van der Waals surface area contributed by atoms with E-state index in [1.807, 2.05) is 49.4 Å². The minimum absolute atomic E-state index is 0.236. The Balaban J connectivity index is 1.66. The van der Waals surface area contributed by atoms with Crippen molar-refractivity contribution in [3.63, 3.8) is 0 Å². The van der Waals surface area contributed by atoms with E-state index in [2.05, 4.69) is 20.9 Å². The molecule has 0 radical (unpaired) electrons. The Morgan fingerprint density at radius 1 is 1.12 bits per heavy atom. The molecule has 2 unspecified atom stereocenters. The standard InChI is InChI=1S/C18H22N4O3S/c1-13-7-9-15(10-8-13)22-26(24,25)18-16(12-20-21-18)17(23)19-11-14-5-3-2-4-6-14/h2-10,16,18,20-22H,11-12H2,1H3,(H,19,23). The van der Waals surface area contributed by atoms with Crippen LogP contribution in [0.3, 0.4) is 0 Å². The summed E-state index contributed by atoms with van der Waals surface area (Å²) in [5, 5.41) is 1.75. The molecule has 1 aliphatic heterocycles. The van der Waals surface area contributed by atoms with E-state index < -0.39 is 21.3 Å². The highest BCUT2D eigenvalue weighted by atomic mass is 32.2. The molecule has 2 atom stereocenters. The first-order valence-corrected chi connectivity index (χ1v) is 9.89. The quantitative estimate of drug-likeness (QED) is 0.607. The van der Waals surface area contributed by atoms with Crippen LogP contribution in [0.1, 0.15) is 11.1 Å². The van der Waals surface area contributed by atoms with Crippen LogP contribution in [0.15, 0.2) is 54.6 Å². The molecule has 0 bridgehead atoms. The van der Waals surface area contributed by atoms with Crippen molar-refractivity contribution in [1.29, 1.82) is 0 Å². The summed E-state index contributed by atoms with van der Waals surface area (Å²) in [7, 11) is -3.79. The normalized spacial score (nSPS) is 19.9. The first-order valence-electron chi connectivity index (χ1n) is 8.34. The van der Waals surface area contributed by atoms with Crippen LogP contribution in [0.5, 0.6) is 0 Å². The lowest BCUT2D eigenvalue weighted by atomic mass is 10.1. The molecule has 0 aromatic heterocycles. The fourth-order valence-corrected chi connectivity index (χ4v) is 4.25. The topological polar surface area (TPSA) is 99.3 Å². The van der Waals surface area contributed by atoms with Crippen LogP contribution in [0, 0.1) is 12.8 Å². The van der Waals surface area contributed by atoms with E-state index in [4.69, 9.17) is 0 Å². The van der Waals surface area contributed by atoms with Gasteiger partial charge in [-0.2, -0.15) is 0 Å². The van der Waals surface area contributed by atoms with Crippen molar-refractivity contribution in [2.75, 3.05) is 11.3 Å². The van der Waals surface area contributed by atoms with Gasteiger partial charge in [0.2, 0.25) is 5.91 Å². The van der Waals surface area contributed by atoms with Crippen molar-refractivity contribution in [1.82, 2.24) is 16.2 Å². The number of hydrazine groups is 1. The Morgan fingerprint density at radius 2 is 1.81 bits per heavy atom. The number of hydrogen-bond acceptors (Lipinski definition) is 5. The van der Waals surface area contributed by atoms with E-state index in [1.54, 1.807) is 12.1 Å². The van der Waals surface area contributed by atoms with Gasteiger partial charge in [-0.1, -0.05) is 48.0 Å². The van der Waals surface area contributed by atoms with E-state index in [-0.39, 0.29) is 12.5 Å². The van der Waals surface area contributed by atoms with Crippen LogP contribution in [-0.4, -0.2) is 26.2 Å². The average Bonchev–Trinajstić information content (AvgIpc) is 3.13. The molecular weight excluding hydrogens is 352 g/mol. The molecule has 8 heteroatoms. The van der Waals surface area contributed by atoms with Crippen LogP contribution in [0.2, 0.25) is 0 Å². The maximum Gasteiger partial charge on any atom is 0.250 e. The first-order chi connectivity index (χ1) is 12.5. The predicted octanol–water partition coefficient (Wildman–Crippen LogP) is 1.10. The summed E-state index contributed by atoms with van der Waals surface area (Å²) in [6, 6.07) is 16.5. The number of carbonyl (C=O) groups is 1. The summed E-state index contributed by atoms with van der Waals surface area (Å²) in [5.41, 5.74) is 7.92.